The van der Waals surface area contributed by atoms with Gasteiger partial charge in [0.2, 0.25) is 12.2 Å². The minimum atomic E-state index is -0.453. The summed E-state index contributed by atoms with van der Waals surface area (Å²) in [5.74, 6) is 1.85. The highest BCUT2D eigenvalue weighted by molar-refractivity contribution is 6.04. The van der Waals surface area contributed by atoms with Crippen molar-refractivity contribution in [2.24, 2.45) is 7.05 Å². The van der Waals surface area contributed by atoms with Crippen molar-refractivity contribution in [1.82, 2.24) is 19.9 Å². The zero-order chi connectivity index (χ0) is 22.5. The molecule has 10 heteroatoms. The van der Waals surface area contributed by atoms with E-state index in [1.165, 1.54) is 6.39 Å². The van der Waals surface area contributed by atoms with Crippen LogP contribution in [0.4, 0.5) is 5.82 Å². The molecule has 0 bridgehead atoms. The minimum absolute atomic E-state index is 0.169. The number of amides is 1. The van der Waals surface area contributed by atoms with E-state index in [0.29, 0.717) is 34.5 Å². The van der Waals surface area contributed by atoms with Crippen molar-refractivity contribution in [3.63, 3.8) is 0 Å². The predicted octanol–water partition coefficient (Wildman–Crippen LogP) is 3.27. The van der Waals surface area contributed by atoms with Gasteiger partial charge >= 0.3 is 0 Å². The Kier molecular flexibility index (Phi) is 6.13. The molecule has 2 aromatic heterocycles. The number of hydrogen-bond acceptors (Lipinski definition) is 8. The summed E-state index contributed by atoms with van der Waals surface area (Å²) in [6, 6.07) is 13.6. The monoisotopic (exact) mass is 435 g/mol. The average molecular weight is 435 g/mol. The summed E-state index contributed by atoms with van der Waals surface area (Å²) in [5.41, 5.74) is 1.09. The SMILES string of the molecule is C[C@@H](CO)Oc1cc(Oc2ccc(-c3ncon3)cc2)cc(C(=O)Nc2ccn(C)n2)c1. The first-order valence-electron chi connectivity index (χ1n) is 9.78. The predicted molar refractivity (Wildman–Crippen MR) is 115 cm³/mol. The molecule has 0 radical (unpaired) electrons. The van der Waals surface area contributed by atoms with Crippen LogP contribution in [-0.2, 0) is 7.05 Å². The largest absolute Gasteiger partial charge is 0.488 e. The normalized spacial score (nSPS) is 11.7. The summed E-state index contributed by atoms with van der Waals surface area (Å²) in [6.45, 7) is 1.55. The van der Waals surface area contributed by atoms with Gasteiger partial charge < -0.3 is 24.4 Å². The molecule has 2 aromatic carbocycles. The van der Waals surface area contributed by atoms with Gasteiger partial charge in [-0.05, 0) is 43.3 Å². The van der Waals surface area contributed by atoms with Gasteiger partial charge in [-0.3, -0.25) is 9.48 Å². The lowest BCUT2D eigenvalue weighted by Gasteiger charge is -2.15. The molecule has 10 nitrogen and oxygen atoms in total. The van der Waals surface area contributed by atoms with Crippen molar-refractivity contribution in [3.05, 3.63) is 66.7 Å². The number of aliphatic hydroxyl groups is 1. The number of benzene rings is 2. The highest BCUT2D eigenvalue weighted by atomic mass is 16.5. The number of carbonyl (C=O) groups excluding carboxylic acids is 1. The Hall–Kier alpha value is -4.18. The molecule has 0 aliphatic rings. The van der Waals surface area contributed by atoms with Gasteiger partial charge in [-0.2, -0.15) is 10.1 Å². The Bertz CT molecular complexity index is 1190. The fourth-order valence-corrected chi connectivity index (χ4v) is 2.88. The number of nitrogens with zero attached hydrogens (tertiary/aromatic N) is 4. The number of rotatable bonds is 8. The van der Waals surface area contributed by atoms with Gasteiger partial charge in [0.25, 0.3) is 5.91 Å². The Morgan fingerprint density at radius 3 is 2.59 bits per heavy atom. The van der Waals surface area contributed by atoms with Gasteiger partial charge in [0.05, 0.1) is 6.61 Å². The number of carbonyl (C=O) groups is 1. The molecule has 4 rings (SSSR count). The van der Waals surface area contributed by atoms with Gasteiger partial charge in [-0.15, -0.1) is 0 Å². The first kappa shape index (κ1) is 21.1. The molecule has 1 atom stereocenters. The van der Waals surface area contributed by atoms with Gasteiger partial charge in [0.1, 0.15) is 23.4 Å². The molecule has 0 aliphatic heterocycles. The molecule has 2 N–H and O–H groups in total. The van der Waals surface area contributed by atoms with Crippen LogP contribution in [0.1, 0.15) is 17.3 Å². The van der Waals surface area contributed by atoms with E-state index in [4.69, 9.17) is 14.0 Å². The van der Waals surface area contributed by atoms with Crippen LogP contribution in [0.15, 0.2) is 65.6 Å². The van der Waals surface area contributed by atoms with Crippen LogP contribution in [0, 0.1) is 0 Å². The number of aromatic nitrogens is 4. The van der Waals surface area contributed by atoms with Crippen LogP contribution in [-0.4, -0.2) is 43.6 Å². The second-order valence-corrected chi connectivity index (χ2v) is 7.01. The molecule has 0 saturated heterocycles. The Labute approximate surface area is 183 Å². The molecule has 32 heavy (non-hydrogen) atoms. The van der Waals surface area contributed by atoms with E-state index in [-0.39, 0.29) is 12.5 Å². The smallest absolute Gasteiger partial charge is 0.257 e. The van der Waals surface area contributed by atoms with Crippen molar-refractivity contribution < 1.29 is 23.9 Å². The van der Waals surface area contributed by atoms with Gasteiger partial charge in [-0.25, -0.2) is 0 Å². The summed E-state index contributed by atoms with van der Waals surface area (Å²) >= 11 is 0. The molecule has 164 valence electrons. The van der Waals surface area contributed by atoms with E-state index in [0.717, 1.165) is 5.56 Å². The molecule has 1 amide bonds. The second-order valence-electron chi connectivity index (χ2n) is 7.01. The molecule has 4 aromatic rings. The second kappa shape index (κ2) is 9.31. The van der Waals surface area contributed by atoms with E-state index in [9.17, 15) is 9.90 Å². The molecule has 2 heterocycles. The fraction of sp³-hybridized carbons (Fsp3) is 0.182. The quantitative estimate of drug-likeness (QED) is 0.432. The van der Waals surface area contributed by atoms with E-state index in [1.54, 1.807) is 73.4 Å². The average Bonchev–Trinajstić information content (AvgIpc) is 3.46. The highest BCUT2D eigenvalue weighted by Crippen LogP contribution is 2.29. The third kappa shape index (κ3) is 5.10. The lowest BCUT2D eigenvalue weighted by molar-refractivity contribution is 0.102. The Morgan fingerprint density at radius 2 is 1.94 bits per heavy atom. The van der Waals surface area contributed by atoms with Crippen molar-refractivity contribution in [1.29, 1.82) is 0 Å². The standard InChI is InChI=1S/C22H21N5O5/c1-14(12-28)31-18-9-16(22(29)24-20-7-8-27(2)25-20)10-19(11-18)32-17-5-3-15(4-6-17)21-23-13-30-26-21/h3-11,13-14,28H,12H2,1-2H3,(H,24,25,29)/t14-/m0/s1. The molecule has 0 fully saturated rings. The summed E-state index contributed by atoms with van der Waals surface area (Å²) in [6.07, 6.45) is 2.53. The lowest BCUT2D eigenvalue weighted by Crippen LogP contribution is -2.17. The van der Waals surface area contributed by atoms with Crippen LogP contribution >= 0.6 is 0 Å². The highest BCUT2D eigenvalue weighted by Gasteiger charge is 2.14. The van der Waals surface area contributed by atoms with E-state index in [2.05, 4.69) is 20.6 Å². The third-order valence-electron chi connectivity index (χ3n) is 4.40. The molecule has 0 unspecified atom stereocenters. The molecule has 0 saturated carbocycles. The van der Waals surface area contributed by atoms with Crippen molar-refractivity contribution in [3.8, 4) is 28.6 Å². The third-order valence-corrected chi connectivity index (χ3v) is 4.40. The van der Waals surface area contributed by atoms with Crippen LogP contribution in [0.25, 0.3) is 11.4 Å². The van der Waals surface area contributed by atoms with E-state index in [1.807, 2.05) is 0 Å². The number of hydrogen-bond donors (Lipinski definition) is 2. The number of ether oxygens (including phenoxy) is 2. The zero-order valence-corrected chi connectivity index (χ0v) is 17.4. The van der Waals surface area contributed by atoms with E-state index < -0.39 is 6.10 Å². The maximum atomic E-state index is 12.8. The van der Waals surface area contributed by atoms with Gasteiger partial charge in [0, 0.05) is 36.5 Å². The van der Waals surface area contributed by atoms with Crippen LogP contribution < -0.4 is 14.8 Å². The maximum Gasteiger partial charge on any atom is 0.257 e. The van der Waals surface area contributed by atoms with Gasteiger partial charge in [0.15, 0.2) is 5.82 Å². The number of aliphatic hydroxyl groups excluding tert-OH is 1. The first-order chi connectivity index (χ1) is 15.5. The summed E-state index contributed by atoms with van der Waals surface area (Å²) in [4.78, 5) is 16.8. The Balaban J connectivity index is 1.57. The molecular formula is C22H21N5O5. The van der Waals surface area contributed by atoms with Crippen LogP contribution in [0.2, 0.25) is 0 Å². The van der Waals surface area contributed by atoms with Crippen molar-refractivity contribution in [2.45, 2.75) is 13.0 Å². The van der Waals surface area contributed by atoms with E-state index >= 15 is 0 Å². The van der Waals surface area contributed by atoms with Crippen LogP contribution in [0.5, 0.6) is 17.2 Å². The number of nitrogens with one attached hydrogen (secondary N) is 1. The lowest BCUT2D eigenvalue weighted by atomic mass is 10.1. The Morgan fingerprint density at radius 1 is 1.16 bits per heavy atom. The van der Waals surface area contributed by atoms with Crippen molar-refractivity contribution >= 4 is 11.7 Å². The first-order valence-corrected chi connectivity index (χ1v) is 9.78. The topological polar surface area (TPSA) is 125 Å². The number of anilines is 1. The molecule has 0 spiro atoms. The van der Waals surface area contributed by atoms with Crippen LogP contribution in [0.3, 0.4) is 0 Å². The number of aryl methyl sites for hydroxylation is 1. The van der Waals surface area contributed by atoms with Crippen molar-refractivity contribution in [2.75, 3.05) is 11.9 Å². The maximum absolute atomic E-state index is 12.8. The minimum Gasteiger partial charge on any atom is -0.488 e. The summed E-state index contributed by atoms with van der Waals surface area (Å²) in [5, 5.41) is 20.0. The summed E-state index contributed by atoms with van der Waals surface area (Å²) in [7, 11) is 1.76. The summed E-state index contributed by atoms with van der Waals surface area (Å²) < 4.78 is 18.0. The molecule has 0 aliphatic carbocycles. The van der Waals surface area contributed by atoms with Gasteiger partial charge in [-0.1, -0.05) is 5.16 Å². The molecular weight excluding hydrogens is 414 g/mol. The fourth-order valence-electron chi connectivity index (χ4n) is 2.88. The zero-order valence-electron chi connectivity index (χ0n) is 17.4.